The van der Waals surface area contributed by atoms with Gasteiger partial charge in [0.15, 0.2) is 6.61 Å². The van der Waals surface area contributed by atoms with Crippen molar-refractivity contribution in [3.63, 3.8) is 0 Å². The number of carbonyl (C=O) groups is 1. The normalized spacial score (nSPS) is 18.9. The summed E-state index contributed by atoms with van der Waals surface area (Å²) in [5, 5.41) is 20.8. The molecular weight excluding hydrogens is 272 g/mol. The van der Waals surface area contributed by atoms with Crippen LogP contribution in [0.5, 0.6) is 11.5 Å². The third-order valence-electron chi connectivity index (χ3n) is 3.15. The van der Waals surface area contributed by atoms with E-state index in [-0.39, 0.29) is 19.1 Å². The molecule has 1 amide bonds. The number of nitrogens with zero attached hydrogens (tertiary/aromatic N) is 1. The van der Waals surface area contributed by atoms with Gasteiger partial charge in [-0.05, 0) is 26.0 Å². The van der Waals surface area contributed by atoms with Crippen LogP contribution in [0.4, 0.5) is 0 Å². The van der Waals surface area contributed by atoms with Gasteiger partial charge in [-0.1, -0.05) is 0 Å². The molecule has 1 aromatic rings. The van der Waals surface area contributed by atoms with Gasteiger partial charge in [-0.2, -0.15) is 5.26 Å². The zero-order valence-electron chi connectivity index (χ0n) is 12.0. The number of aliphatic hydroxyl groups excluding tert-OH is 1. The molecule has 21 heavy (non-hydrogen) atoms. The number of amides is 1. The monoisotopic (exact) mass is 290 g/mol. The molecule has 0 aliphatic carbocycles. The second-order valence-electron chi connectivity index (χ2n) is 5.50. The van der Waals surface area contributed by atoms with Crippen LogP contribution in [-0.4, -0.2) is 29.8 Å². The molecule has 6 nitrogen and oxygen atoms in total. The molecule has 1 unspecified atom stereocenters. The van der Waals surface area contributed by atoms with E-state index in [9.17, 15) is 9.90 Å². The number of hydrogen-bond acceptors (Lipinski definition) is 5. The van der Waals surface area contributed by atoms with Crippen LogP contribution in [-0.2, 0) is 4.79 Å². The molecule has 0 saturated carbocycles. The summed E-state index contributed by atoms with van der Waals surface area (Å²) >= 11 is 0. The fraction of sp³-hybridized carbons (Fsp3) is 0.467. The molecule has 0 saturated heterocycles. The first kappa shape index (κ1) is 15.1. The maximum Gasteiger partial charge on any atom is 0.258 e. The Morgan fingerprint density at radius 1 is 1.62 bits per heavy atom. The molecule has 1 atom stereocenters. The number of nitrogens with one attached hydrogen (secondary N) is 1. The van der Waals surface area contributed by atoms with Gasteiger partial charge in [-0.25, -0.2) is 0 Å². The van der Waals surface area contributed by atoms with Crippen LogP contribution in [0.15, 0.2) is 18.2 Å². The molecular formula is C15H18N2O4. The smallest absolute Gasteiger partial charge is 0.258 e. The summed E-state index contributed by atoms with van der Waals surface area (Å²) in [6, 6.07) is 6.90. The van der Waals surface area contributed by atoms with Gasteiger partial charge in [-0.15, -0.1) is 0 Å². The Hall–Kier alpha value is -2.26. The third kappa shape index (κ3) is 3.86. The summed E-state index contributed by atoms with van der Waals surface area (Å²) in [7, 11) is 0. The van der Waals surface area contributed by atoms with E-state index in [1.54, 1.807) is 18.2 Å². The highest BCUT2D eigenvalue weighted by atomic mass is 16.5. The minimum Gasteiger partial charge on any atom is -0.487 e. The van der Waals surface area contributed by atoms with Crippen LogP contribution < -0.4 is 14.8 Å². The fourth-order valence-corrected chi connectivity index (χ4v) is 2.22. The van der Waals surface area contributed by atoms with Gasteiger partial charge in [0, 0.05) is 18.1 Å². The quantitative estimate of drug-likeness (QED) is 0.815. The minimum atomic E-state index is -0.572. The van der Waals surface area contributed by atoms with Crippen molar-refractivity contribution in [2.75, 3.05) is 13.2 Å². The van der Waals surface area contributed by atoms with Gasteiger partial charge in [0.25, 0.3) is 5.91 Å². The number of carbonyl (C=O) groups excluding carboxylic acids is 1. The van der Waals surface area contributed by atoms with Crippen molar-refractivity contribution in [3.05, 3.63) is 23.8 Å². The first-order valence-electron chi connectivity index (χ1n) is 6.69. The topological polar surface area (TPSA) is 91.6 Å². The molecule has 1 aliphatic rings. The van der Waals surface area contributed by atoms with Crippen LogP contribution in [0.25, 0.3) is 0 Å². The highest BCUT2D eigenvalue weighted by Gasteiger charge is 2.32. The minimum absolute atomic E-state index is 0.0458. The molecule has 6 heteroatoms. The van der Waals surface area contributed by atoms with Crippen molar-refractivity contribution in [3.8, 4) is 17.6 Å². The summed E-state index contributed by atoms with van der Waals surface area (Å²) in [5.41, 5.74) is 0.269. The van der Waals surface area contributed by atoms with Crippen LogP contribution in [0.3, 0.4) is 0 Å². The van der Waals surface area contributed by atoms with E-state index in [0.717, 1.165) is 5.56 Å². The maximum absolute atomic E-state index is 11.4. The van der Waals surface area contributed by atoms with Crippen LogP contribution in [0.1, 0.15) is 31.9 Å². The molecule has 112 valence electrons. The number of rotatable bonds is 4. The van der Waals surface area contributed by atoms with E-state index in [2.05, 4.69) is 5.32 Å². The van der Waals surface area contributed by atoms with Crippen LogP contribution >= 0.6 is 0 Å². The van der Waals surface area contributed by atoms with Crippen molar-refractivity contribution in [2.45, 2.75) is 32.0 Å². The number of fused-ring (bicyclic) bond motifs is 1. The summed E-state index contributed by atoms with van der Waals surface area (Å²) in [6.07, 6.45) is -0.0479. The molecule has 2 rings (SSSR count). The fourth-order valence-electron chi connectivity index (χ4n) is 2.22. The van der Waals surface area contributed by atoms with Gasteiger partial charge in [0.2, 0.25) is 0 Å². The van der Waals surface area contributed by atoms with E-state index < -0.39 is 11.7 Å². The summed E-state index contributed by atoms with van der Waals surface area (Å²) in [4.78, 5) is 11.4. The average molecular weight is 290 g/mol. The standard InChI is InChI=1S/C15H18N2O4/c1-15(2)8-12(18)11-4-3-10(7-13(11)21-15)20-9-14(19)17-6-5-16/h3-4,7,12,18H,6,8-9H2,1-2H3,(H,17,19). The number of hydrogen-bond donors (Lipinski definition) is 2. The van der Waals surface area contributed by atoms with E-state index in [0.29, 0.717) is 17.9 Å². The highest BCUT2D eigenvalue weighted by Crippen LogP contribution is 2.40. The first-order valence-corrected chi connectivity index (χ1v) is 6.69. The Labute approximate surface area is 123 Å². The van der Waals surface area contributed by atoms with Gasteiger partial charge in [0.05, 0.1) is 12.2 Å². The zero-order valence-corrected chi connectivity index (χ0v) is 12.0. The van der Waals surface area contributed by atoms with Crippen molar-refractivity contribution < 1.29 is 19.4 Å². The molecule has 0 radical (unpaired) electrons. The molecule has 0 spiro atoms. The van der Waals surface area contributed by atoms with Gasteiger partial charge < -0.3 is 19.9 Å². The number of aliphatic hydroxyl groups is 1. The van der Waals surface area contributed by atoms with Crippen molar-refractivity contribution in [1.29, 1.82) is 5.26 Å². The molecule has 0 aromatic heterocycles. The Balaban J connectivity index is 2.04. The SMILES string of the molecule is CC1(C)CC(O)c2ccc(OCC(=O)NCC#N)cc2O1. The third-order valence-corrected chi connectivity index (χ3v) is 3.15. The van der Waals surface area contributed by atoms with Gasteiger partial charge in [-0.3, -0.25) is 4.79 Å². The van der Waals surface area contributed by atoms with Crippen LogP contribution in [0, 0.1) is 11.3 Å². The number of benzene rings is 1. The average Bonchev–Trinajstić information content (AvgIpc) is 2.41. The summed E-state index contributed by atoms with van der Waals surface area (Å²) < 4.78 is 11.2. The number of ether oxygens (including phenoxy) is 2. The maximum atomic E-state index is 11.4. The lowest BCUT2D eigenvalue weighted by Crippen LogP contribution is -2.34. The first-order chi connectivity index (χ1) is 9.91. The second-order valence-corrected chi connectivity index (χ2v) is 5.50. The lowest BCUT2D eigenvalue weighted by Gasteiger charge is -2.35. The molecule has 0 bridgehead atoms. The van der Waals surface area contributed by atoms with Gasteiger partial charge in [0.1, 0.15) is 23.6 Å². The van der Waals surface area contributed by atoms with E-state index >= 15 is 0 Å². The molecule has 0 fully saturated rings. The largest absolute Gasteiger partial charge is 0.487 e. The lowest BCUT2D eigenvalue weighted by atomic mass is 9.92. The van der Waals surface area contributed by atoms with Crippen molar-refractivity contribution in [2.24, 2.45) is 0 Å². The predicted molar refractivity (Wildman–Crippen MR) is 74.8 cm³/mol. The van der Waals surface area contributed by atoms with Crippen molar-refractivity contribution >= 4 is 5.91 Å². The second kappa shape index (κ2) is 6.02. The molecule has 1 aliphatic heterocycles. The predicted octanol–water partition coefficient (Wildman–Crippen LogP) is 1.30. The van der Waals surface area contributed by atoms with Crippen LogP contribution in [0.2, 0.25) is 0 Å². The molecule has 2 N–H and O–H groups in total. The van der Waals surface area contributed by atoms with E-state index in [1.807, 2.05) is 19.9 Å². The van der Waals surface area contributed by atoms with Gasteiger partial charge >= 0.3 is 0 Å². The highest BCUT2D eigenvalue weighted by molar-refractivity contribution is 5.77. The lowest BCUT2D eigenvalue weighted by molar-refractivity contribution is -0.122. The van der Waals surface area contributed by atoms with E-state index in [4.69, 9.17) is 14.7 Å². The Kier molecular flexibility index (Phi) is 4.34. The van der Waals surface area contributed by atoms with E-state index in [1.165, 1.54) is 0 Å². The zero-order chi connectivity index (χ0) is 15.5. The Morgan fingerprint density at radius 3 is 3.10 bits per heavy atom. The molecule has 1 heterocycles. The summed E-state index contributed by atoms with van der Waals surface area (Å²) in [6.45, 7) is 3.59. The molecule has 1 aromatic carbocycles. The number of nitriles is 1. The Morgan fingerprint density at radius 2 is 2.38 bits per heavy atom. The Bertz CT molecular complexity index is 578. The van der Waals surface area contributed by atoms with Crippen molar-refractivity contribution in [1.82, 2.24) is 5.32 Å². The summed E-state index contributed by atoms with van der Waals surface area (Å²) in [5.74, 6) is 0.676.